The van der Waals surface area contributed by atoms with E-state index in [1.807, 2.05) is 31.2 Å². The molecule has 1 aromatic rings. The lowest BCUT2D eigenvalue weighted by Crippen LogP contribution is -2.43. The minimum atomic E-state index is -1.81. The van der Waals surface area contributed by atoms with E-state index in [2.05, 4.69) is 33.9 Å². The van der Waals surface area contributed by atoms with Gasteiger partial charge >= 0.3 is 0 Å². The molecule has 19 heavy (non-hydrogen) atoms. The van der Waals surface area contributed by atoms with Gasteiger partial charge in [0.1, 0.15) is 12.0 Å². The molecule has 0 aliphatic heterocycles. The van der Waals surface area contributed by atoms with E-state index < -0.39 is 8.32 Å². The van der Waals surface area contributed by atoms with Crippen LogP contribution in [0.15, 0.2) is 30.3 Å². The van der Waals surface area contributed by atoms with E-state index in [1.165, 1.54) is 0 Å². The molecule has 1 rings (SSSR count). The quantitative estimate of drug-likeness (QED) is 0.454. The van der Waals surface area contributed by atoms with Crippen molar-refractivity contribution in [2.75, 3.05) is 0 Å². The zero-order valence-corrected chi connectivity index (χ0v) is 13.8. The topological polar surface area (TPSA) is 26.3 Å². The van der Waals surface area contributed by atoms with Gasteiger partial charge in [0.15, 0.2) is 0 Å². The van der Waals surface area contributed by atoms with Crippen LogP contribution in [0.25, 0.3) is 5.57 Å². The van der Waals surface area contributed by atoms with Gasteiger partial charge in [0.25, 0.3) is 0 Å². The second kappa shape index (κ2) is 5.74. The first-order valence-electron chi connectivity index (χ1n) is 6.59. The molecule has 0 aliphatic carbocycles. The van der Waals surface area contributed by atoms with Crippen LogP contribution >= 0.6 is 0 Å². The summed E-state index contributed by atoms with van der Waals surface area (Å²) in [5, 5.41) is 0.177. The fourth-order valence-electron chi connectivity index (χ4n) is 1.45. The average Bonchev–Trinajstić information content (AvgIpc) is 2.27. The Morgan fingerprint density at radius 2 is 1.89 bits per heavy atom. The Bertz CT molecular complexity index is 482. The zero-order valence-electron chi connectivity index (χ0n) is 12.8. The van der Waals surface area contributed by atoms with E-state index in [1.54, 1.807) is 6.08 Å². The summed E-state index contributed by atoms with van der Waals surface area (Å²) < 4.78 is 6.26. The van der Waals surface area contributed by atoms with Crippen LogP contribution in [0, 0.1) is 0 Å². The Morgan fingerprint density at radius 1 is 1.26 bits per heavy atom. The SMILES string of the molecule is CC(=CC=O)c1cccc(O[Si](C)(C)C(C)(C)C)c1. The van der Waals surface area contributed by atoms with Crippen LogP contribution in [0.3, 0.4) is 0 Å². The van der Waals surface area contributed by atoms with Crippen LogP contribution in [0.1, 0.15) is 33.3 Å². The van der Waals surface area contributed by atoms with E-state index in [0.29, 0.717) is 0 Å². The third kappa shape index (κ3) is 4.06. The largest absolute Gasteiger partial charge is 0.543 e. The van der Waals surface area contributed by atoms with E-state index >= 15 is 0 Å². The fraction of sp³-hybridized carbons (Fsp3) is 0.438. The molecule has 0 unspecified atom stereocenters. The summed E-state index contributed by atoms with van der Waals surface area (Å²) in [5.74, 6) is 0.891. The van der Waals surface area contributed by atoms with Crippen LogP contribution < -0.4 is 4.43 Å². The van der Waals surface area contributed by atoms with Gasteiger partial charge in [-0.25, -0.2) is 0 Å². The number of benzene rings is 1. The Morgan fingerprint density at radius 3 is 2.42 bits per heavy atom. The third-order valence-electron chi connectivity index (χ3n) is 3.79. The van der Waals surface area contributed by atoms with Gasteiger partial charge in [-0.1, -0.05) is 32.9 Å². The van der Waals surface area contributed by atoms with Gasteiger partial charge in [-0.15, -0.1) is 0 Å². The van der Waals surface area contributed by atoms with Gasteiger partial charge in [-0.05, 0) is 54.4 Å². The standard InChI is InChI=1S/C16H24O2Si/c1-13(10-11-17)14-8-7-9-15(12-14)18-19(5,6)16(2,3)4/h7-12H,1-6H3. The maximum absolute atomic E-state index is 10.5. The van der Waals surface area contributed by atoms with Gasteiger partial charge in [-0.3, -0.25) is 4.79 Å². The minimum Gasteiger partial charge on any atom is -0.543 e. The summed E-state index contributed by atoms with van der Waals surface area (Å²) in [7, 11) is -1.81. The van der Waals surface area contributed by atoms with Crippen LogP contribution in [-0.4, -0.2) is 14.6 Å². The summed E-state index contributed by atoms with van der Waals surface area (Å²) in [4.78, 5) is 10.5. The lowest BCUT2D eigenvalue weighted by Gasteiger charge is -2.36. The van der Waals surface area contributed by atoms with Gasteiger partial charge in [0.05, 0.1) is 0 Å². The third-order valence-corrected chi connectivity index (χ3v) is 8.14. The Balaban J connectivity index is 3.02. The number of hydrogen-bond donors (Lipinski definition) is 0. The second-order valence-corrected chi connectivity index (χ2v) is 11.1. The second-order valence-electron chi connectivity index (χ2n) is 6.38. The van der Waals surface area contributed by atoms with Crippen molar-refractivity contribution >= 4 is 20.2 Å². The summed E-state index contributed by atoms with van der Waals surface area (Å²) in [6.07, 6.45) is 2.39. The monoisotopic (exact) mass is 276 g/mol. The van der Waals surface area contributed by atoms with Gasteiger partial charge in [0, 0.05) is 0 Å². The average molecular weight is 276 g/mol. The molecule has 0 fully saturated rings. The predicted molar refractivity (Wildman–Crippen MR) is 84.0 cm³/mol. The molecule has 0 aromatic heterocycles. The molecular formula is C16H24O2Si. The molecule has 0 spiro atoms. The lowest BCUT2D eigenvalue weighted by molar-refractivity contribution is -0.104. The minimum absolute atomic E-state index is 0.177. The molecule has 2 nitrogen and oxygen atoms in total. The number of carbonyl (C=O) groups excluding carboxylic acids is 1. The molecular weight excluding hydrogens is 252 g/mol. The number of allylic oxidation sites excluding steroid dienone is 2. The molecule has 1 aromatic carbocycles. The first-order chi connectivity index (χ1) is 8.67. The highest BCUT2D eigenvalue weighted by Crippen LogP contribution is 2.37. The van der Waals surface area contributed by atoms with E-state index in [4.69, 9.17) is 4.43 Å². The summed E-state index contributed by atoms with van der Waals surface area (Å²) >= 11 is 0. The van der Waals surface area contributed by atoms with Crippen molar-refractivity contribution in [3.8, 4) is 5.75 Å². The van der Waals surface area contributed by atoms with Crippen molar-refractivity contribution in [3.05, 3.63) is 35.9 Å². The molecule has 0 bridgehead atoms. The Labute approximate surface area is 117 Å². The molecule has 0 amide bonds. The molecule has 3 heteroatoms. The maximum Gasteiger partial charge on any atom is 0.250 e. The van der Waals surface area contributed by atoms with Crippen molar-refractivity contribution in [2.24, 2.45) is 0 Å². The molecule has 0 N–H and O–H groups in total. The highest BCUT2D eigenvalue weighted by Gasteiger charge is 2.38. The van der Waals surface area contributed by atoms with E-state index in [0.717, 1.165) is 23.2 Å². The maximum atomic E-state index is 10.5. The predicted octanol–water partition coefficient (Wildman–Crippen LogP) is 4.67. The highest BCUT2D eigenvalue weighted by molar-refractivity contribution is 6.74. The van der Waals surface area contributed by atoms with E-state index in [-0.39, 0.29) is 5.04 Å². The molecule has 0 aliphatic rings. The van der Waals surface area contributed by atoms with Crippen molar-refractivity contribution in [3.63, 3.8) is 0 Å². The van der Waals surface area contributed by atoms with E-state index in [9.17, 15) is 4.79 Å². The van der Waals surface area contributed by atoms with Gasteiger partial charge in [-0.2, -0.15) is 0 Å². The number of carbonyl (C=O) groups is 1. The molecule has 0 heterocycles. The summed E-state index contributed by atoms with van der Waals surface area (Å²) in [6, 6.07) is 7.96. The molecule has 0 saturated heterocycles. The van der Waals surface area contributed by atoms with Crippen molar-refractivity contribution in [1.82, 2.24) is 0 Å². The van der Waals surface area contributed by atoms with Crippen molar-refractivity contribution in [1.29, 1.82) is 0 Å². The summed E-state index contributed by atoms with van der Waals surface area (Å²) in [5.41, 5.74) is 1.99. The smallest absolute Gasteiger partial charge is 0.250 e. The number of aldehydes is 1. The Kier molecular flexibility index (Phi) is 4.74. The normalized spacial score (nSPS) is 13.3. The van der Waals surface area contributed by atoms with Crippen molar-refractivity contribution < 1.29 is 9.22 Å². The van der Waals surface area contributed by atoms with Crippen LogP contribution in [0.4, 0.5) is 0 Å². The molecule has 0 radical (unpaired) electrons. The summed E-state index contributed by atoms with van der Waals surface area (Å²) in [6.45, 7) is 13.1. The van der Waals surface area contributed by atoms with Gasteiger partial charge < -0.3 is 4.43 Å². The number of hydrogen-bond acceptors (Lipinski definition) is 2. The molecule has 104 valence electrons. The van der Waals surface area contributed by atoms with Crippen LogP contribution in [0.5, 0.6) is 5.75 Å². The van der Waals surface area contributed by atoms with Crippen LogP contribution in [-0.2, 0) is 4.79 Å². The molecule has 0 atom stereocenters. The first kappa shape index (κ1) is 15.7. The fourth-order valence-corrected chi connectivity index (χ4v) is 2.47. The highest BCUT2D eigenvalue weighted by atomic mass is 28.4. The Hall–Kier alpha value is -1.35. The molecule has 0 saturated carbocycles. The van der Waals surface area contributed by atoms with Crippen molar-refractivity contribution in [2.45, 2.75) is 45.8 Å². The van der Waals surface area contributed by atoms with Crippen LogP contribution in [0.2, 0.25) is 18.1 Å². The lowest BCUT2D eigenvalue weighted by atomic mass is 10.1. The number of rotatable bonds is 4. The first-order valence-corrected chi connectivity index (χ1v) is 9.50. The van der Waals surface area contributed by atoms with Gasteiger partial charge in [0.2, 0.25) is 8.32 Å². The zero-order chi connectivity index (χ0) is 14.7.